The van der Waals surface area contributed by atoms with Gasteiger partial charge >= 0.3 is 0 Å². The zero-order chi connectivity index (χ0) is 14.3. The molecule has 0 spiro atoms. The van der Waals surface area contributed by atoms with Crippen molar-refractivity contribution in [3.05, 3.63) is 63.1 Å². The highest BCUT2D eigenvalue weighted by Crippen LogP contribution is 2.46. The minimum absolute atomic E-state index is 0.521. The standard InChI is InChI=1S/C16H14Cl2O2/c1-20-12-4-2-10-6-7-16(19,13(10)9-12)14-8-11(17)3-5-15(14)18/h2-5,8-9,19H,6-7H2,1H3. The molecule has 0 heterocycles. The smallest absolute Gasteiger partial charge is 0.119 e. The Morgan fingerprint density at radius 3 is 2.65 bits per heavy atom. The molecule has 0 saturated heterocycles. The van der Waals surface area contributed by atoms with E-state index >= 15 is 0 Å². The maximum Gasteiger partial charge on any atom is 0.119 e. The van der Waals surface area contributed by atoms with Crippen molar-refractivity contribution in [3.63, 3.8) is 0 Å². The van der Waals surface area contributed by atoms with E-state index in [1.165, 1.54) is 0 Å². The molecule has 3 rings (SSSR count). The number of aliphatic hydroxyl groups is 1. The molecule has 0 radical (unpaired) electrons. The second-order valence-electron chi connectivity index (χ2n) is 5.01. The second kappa shape index (κ2) is 4.96. The normalized spacial score (nSPS) is 20.8. The molecule has 1 unspecified atom stereocenters. The van der Waals surface area contributed by atoms with E-state index in [1.54, 1.807) is 25.3 Å². The highest BCUT2D eigenvalue weighted by molar-refractivity contribution is 6.33. The van der Waals surface area contributed by atoms with Crippen LogP contribution in [0.2, 0.25) is 10.0 Å². The Balaban J connectivity index is 2.18. The summed E-state index contributed by atoms with van der Waals surface area (Å²) in [5.74, 6) is 0.724. The van der Waals surface area contributed by atoms with Crippen LogP contribution < -0.4 is 4.74 Å². The average molecular weight is 309 g/mol. The minimum atomic E-state index is -1.11. The van der Waals surface area contributed by atoms with Crippen LogP contribution in [0.1, 0.15) is 23.1 Å². The highest BCUT2D eigenvalue weighted by Gasteiger charge is 2.40. The topological polar surface area (TPSA) is 29.5 Å². The van der Waals surface area contributed by atoms with Crippen molar-refractivity contribution in [2.45, 2.75) is 18.4 Å². The van der Waals surface area contributed by atoms with E-state index in [-0.39, 0.29) is 0 Å². The van der Waals surface area contributed by atoms with Gasteiger partial charge in [0.15, 0.2) is 0 Å². The molecule has 1 atom stereocenters. The van der Waals surface area contributed by atoms with Crippen LogP contribution in [0.5, 0.6) is 5.75 Å². The molecule has 2 nitrogen and oxygen atoms in total. The van der Waals surface area contributed by atoms with Crippen LogP contribution in [0.15, 0.2) is 36.4 Å². The van der Waals surface area contributed by atoms with Crippen molar-refractivity contribution in [1.29, 1.82) is 0 Å². The van der Waals surface area contributed by atoms with Crippen LogP contribution in [-0.2, 0) is 12.0 Å². The monoisotopic (exact) mass is 308 g/mol. The van der Waals surface area contributed by atoms with Gasteiger partial charge in [0.2, 0.25) is 0 Å². The van der Waals surface area contributed by atoms with Crippen molar-refractivity contribution >= 4 is 23.2 Å². The van der Waals surface area contributed by atoms with E-state index in [0.717, 1.165) is 23.3 Å². The number of rotatable bonds is 2. The van der Waals surface area contributed by atoms with Gasteiger partial charge in [-0.15, -0.1) is 0 Å². The average Bonchev–Trinajstić information content (AvgIpc) is 2.79. The Bertz CT molecular complexity index is 670. The number of ether oxygens (including phenoxy) is 1. The number of aryl methyl sites for hydroxylation is 1. The van der Waals surface area contributed by atoms with Crippen molar-refractivity contribution in [2.75, 3.05) is 7.11 Å². The van der Waals surface area contributed by atoms with Crippen LogP contribution >= 0.6 is 23.2 Å². The Labute approximate surface area is 127 Å². The summed E-state index contributed by atoms with van der Waals surface area (Å²) in [6.07, 6.45) is 1.40. The number of hydrogen-bond donors (Lipinski definition) is 1. The fraction of sp³-hybridized carbons (Fsp3) is 0.250. The predicted octanol–water partition coefficient (Wildman–Crippen LogP) is 4.18. The lowest BCUT2D eigenvalue weighted by atomic mass is 9.88. The predicted molar refractivity (Wildman–Crippen MR) is 80.8 cm³/mol. The number of fused-ring (bicyclic) bond motifs is 1. The van der Waals surface area contributed by atoms with E-state index in [2.05, 4.69) is 0 Å². The van der Waals surface area contributed by atoms with Gasteiger partial charge in [0.1, 0.15) is 11.4 Å². The summed E-state index contributed by atoms with van der Waals surface area (Å²) in [5.41, 5.74) is 1.51. The summed E-state index contributed by atoms with van der Waals surface area (Å²) < 4.78 is 5.25. The van der Waals surface area contributed by atoms with Gasteiger partial charge in [0.25, 0.3) is 0 Å². The number of benzene rings is 2. The molecule has 20 heavy (non-hydrogen) atoms. The third-order valence-corrected chi connectivity index (χ3v) is 4.46. The fourth-order valence-electron chi connectivity index (χ4n) is 2.83. The fourth-order valence-corrected chi connectivity index (χ4v) is 3.28. The lowest BCUT2D eigenvalue weighted by Crippen LogP contribution is -2.24. The molecule has 104 valence electrons. The summed E-state index contributed by atoms with van der Waals surface area (Å²) in [7, 11) is 1.61. The maximum absolute atomic E-state index is 11.1. The van der Waals surface area contributed by atoms with Gasteiger partial charge in [0, 0.05) is 15.6 Å². The molecule has 1 aliphatic rings. The molecule has 2 aromatic rings. The summed E-state index contributed by atoms with van der Waals surface area (Å²) >= 11 is 12.3. The third-order valence-electron chi connectivity index (χ3n) is 3.89. The zero-order valence-corrected chi connectivity index (χ0v) is 12.5. The molecule has 0 saturated carbocycles. The Morgan fingerprint density at radius 2 is 1.90 bits per heavy atom. The lowest BCUT2D eigenvalue weighted by molar-refractivity contribution is 0.0828. The summed E-state index contributed by atoms with van der Waals surface area (Å²) in [5, 5.41) is 12.2. The van der Waals surface area contributed by atoms with Crippen LogP contribution in [0, 0.1) is 0 Å². The first-order valence-electron chi connectivity index (χ1n) is 6.40. The summed E-state index contributed by atoms with van der Waals surface area (Å²) in [6.45, 7) is 0. The number of methoxy groups -OCH3 is 1. The molecule has 0 fully saturated rings. The van der Waals surface area contributed by atoms with Crippen LogP contribution in [0.25, 0.3) is 0 Å². The van der Waals surface area contributed by atoms with Gasteiger partial charge in [-0.25, -0.2) is 0 Å². The third kappa shape index (κ3) is 2.08. The first-order chi connectivity index (χ1) is 9.54. The Hall–Kier alpha value is -1.22. The Kier molecular flexibility index (Phi) is 3.41. The van der Waals surface area contributed by atoms with Crippen molar-refractivity contribution < 1.29 is 9.84 Å². The second-order valence-corrected chi connectivity index (χ2v) is 5.85. The molecule has 0 bridgehead atoms. The SMILES string of the molecule is COc1ccc2c(c1)C(O)(c1cc(Cl)ccc1Cl)CC2. The number of hydrogen-bond acceptors (Lipinski definition) is 2. The zero-order valence-electron chi connectivity index (χ0n) is 11.0. The summed E-state index contributed by atoms with van der Waals surface area (Å²) in [6, 6.07) is 10.9. The maximum atomic E-state index is 11.1. The van der Waals surface area contributed by atoms with Crippen molar-refractivity contribution in [2.24, 2.45) is 0 Å². The van der Waals surface area contributed by atoms with E-state index in [1.807, 2.05) is 18.2 Å². The van der Waals surface area contributed by atoms with E-state index in [0.29, 0.717) is 22.0 Å². The highest BCUT2D eigenvalue weighted by atomic mass is 35.5. The van der Waals surface area contributed by atoms with Crippen LogP contribution in [0.3, 0.4) is 0 Å². The molecule has 1 N–H and O–H groups in total. The van der Waals surface area contributed by atoms with Gasteiger partial charge in [-0.1, -0.05) is 29.3 Å². The van der Waals surface area contributed by atoms with Gasteiger partial charge in [-0.2, -0.15) is 0 Å². The lowest BCUT2D eigenvalue weighted by Gasteiger charge is -2.26. The molecular weight excluding hydrogens is 295 g/mol. The number of halogens is 2. The molecule has 2 aromatic carbocycles. The van der Waals surface area contributed by atoms with Crippen LogP contribution in [0.4, 0.5) is 0 Å². The molecule has 0 aromatic heterocycles. The molecule has 4 heteroatoms. The largest absolute Gasteiger partial charge is 0.497 e. The molecule has 0 amide bonds. The van der Waals surface area contributed by atoms with Gasteiger partial charge in [-0.05, 0) is 54.3 Å². The molecule has 0 aliphatic heterocycles. The first-order valence-corrected chi connectivity index (χ1v) is 7.15. The van der Waals surface area contributed by atoms with E-state index in [9.17, 15) is 5.11 Å². The van der Waals surface area contributed by atoms with E-state index in [4.69, 9.17) is 27.9 Å². The van der Waals surface area contributed by atoms with Crippen molar-refractivity contribution in [3.8, 4) is 5.75 Å². The van der Waals surface area contributed by atoms with Crippen molar-refractivity contribution in [1.82, 2.24) is 0 Å². The van der Waals surface area contributed by atoms with Crippen LogP contribution in [-0.4, -0.2) is 12.2 Å². The minimum Gasteiger partial charge on any atom is -0.497 e. The quantitative estimate of drug-likeness (QED) is 0.901. The van der Waals surface area contributed by atoms with Gasteiger partial charge in [-0.3, -0.25) is 0 Å². The van der Waals surface area contributed by atoms with Gasteiger partial charge < -0.3 is 9.84 Å². The van der Waals surface area contributed by atoms with E-state index < -0.39 is 5.60 Å². The van der Waals surface area contributed by atoms with Gasteiger partial charge in [0.05, 0.1) is 7.11 Å². The Morgan fingerprint density at radius 1 is 1.10 bits per heavy atom. The molecule has 1 aliphatic carbocycles. The summed E-state index contributed by atoms with van der Waals surface area (Å²) in [4.78, 5) is 0. The first kappa shape index (κ1) is 13.7. The molecular formula is C16H14Cl2O2.